The van der Waals surface area contributed by atoms with Gasteiger partial charge in [0.25, 0.3) is 0 Å². The van der Waals surface area contributed by atoms with Crippen LogP contribution < -0.4 is 10.6 Å². The number of rotatable bonds is 7. The van der Waals surface area contributed by atoms with Crippen LogP contribution in [0.2, 0.25) is 0 Å². The molecule has 134 valence electrons. The van der Waals surface area contributed by atoms with Crippen LogP contribution in [0, 0.1) is 13.8 Å². The molecule has 2 aromatic rings. The number of tetrazole rings is 1. The number of nitrogens with one attached hydrogen (secondary N) is 2. The second-order valence-corrected chi connectivity index (χ2v) is 6.61. The summed E-state index contributed by atoms with van der Waals surface area (Å²) in [4.78, 5) is 23.4. The first-order valence-corrected chi connectivity index (χ1v) is 9.05. The van der Waals surface area contributed by atoms with Gasteiger partial charge in [-0.1, -0.05) is 31.2 Å². The fraction of sp³-hybridized carbons (Fsp3) is 0.438. The summed E-state index contributed by atoms with van der Waals surface area (Å²) in [6.45, 7) is 6.57. The Hall–Kier alpha value is -2.42. The molecule has 0 aliphatic rings. The quantitative estimate of drug-likeness (QED) is 0.577. The van der Waals surface area contributed by atoms with Crippen molar-refractivity contribution in [3.8, 4) is 5.69 Å². The molecule has 1 aromatic carbocycles. The number of nitrogens with zero attached hydrogens (tertiary/aromatic N) is 4. The summed E-state index contributed by atoms with van der Waals surface area (Å²) < 4.78 is 1.58. The smallest absolute Gasteiger partial charge is 0.321 e. The Morgan fingerprint density at radius 3 is 2.60 bits per heavy atom. The number of hydrogen-bond acceptors (Lipinski definition) is 6. The Labute approximate surface area is 150 Å². The molecule has 2 rings (SSSR count). The van der Waals surface area contributed by atoms with Crippen LogP contribution in [0.3, 0.4) is 0 Å². The second kappa shape index (κ2) is 9.16. The van der Waals surface area contributed by atoms with Gasteiger partial charge >= 0.3 is 6.03 Å². The number of thioether (sulfide) groups is 1. The molecule has 0 aliphatic heterocycles. The molecule has 3 amide bonds. The molecule has 0 saturated heterocycles. The van der Waals surface area contributed by atoms with E-state index in [-0.39, 0.29) is 5.75 Å². The maximum absolute atomic E-state index is 11.9. The molecular weight excluding hydrogens is 340 g/mol. The van der Waals surface area contributed by atoms with Crippen molar-refractivity contribution in [2.45, 2.75) is 38.8 Å². The van der Waals surface area contributed by atoms with Gasteiger partial charge in [0.15, 0.2) is 0 Å². The largest absolute Gasteiger partial charge is 0.338 e. The zero-order valence-electron chi connectivity index (χ0n) is 14.6. The van der Waals surface area contributed by atoms with Gasteiger partial charge in [0.1, 0.15) is 0 Å². The highest BCUT2D eigenvalue weighted by molar-refractivity contribution is 7.99. The van der Waals surface area contributed by atoms with Crippen molar-refractivity contribution in [2.75, 3.05) is 12.3 Å². The number of imide groups is 1. The molecule has 1 aromatic heterocycles. The lowest BCUT2D eigenvalue weighted by Gasteiger charge is -2.07. The van der Waals surface area contributed by atoms with Gasteiger partial charge in [-0.25, -0.2) is 4.79 Å². The summed E-state index contributed by atoms with van der Waals surface area (Å²) in [6, 6.07) is 5.52. The number of aromatic nitrogens is 4. The van der Waals surface area contributed by atoms with E-state index in [1.807, 2.05) is 32.9 Å². The SMILES string of the molecule is CCCCNC(=O)NC(=O)CSc1nnnn1-c1cc(C)cc(C)c1. The molecule has 0 unspecified atom stereocenters. The average Bonchev–Trinajstić information content (AvgIpc) is 3.01. The number of benzene rings is 1. The third kappa shape index (κ3) is 5.86. The van der Waals surface area contributed by atoms with Gasteiger partial charge in [-0.15, -0.1) is 5.10 Å². The monoisotopic (exact) mass is 362 g/mol. The van der Waals surface area contributed by atoms with E-state index in [2.05, 4.69) is 32.2 Å². The highest BCUT2D eigenvalue weighted by Gasteiger charge is 2.13. The van der Waals surface area contributed by atoms with Crippen LogP contribution in [0.25, 0.3) is 5.69 Å². The summed E-state index contributed by atoms with van der Waals surface area (Å²) >= 11 is 1.17. The zero-order chi connectivity index (χ0) is 18.2. The fourth-order valence-corrected chi connectivity index (χ4v) is 2.91. The Kier molecular flexibility index (Phi) is 6.93. The molecule has 1 heterocycles. The number of carbonyl (C=O) groups excluding carboxylic acids is 2. The van der Waals surface area contributed by atoms with Crippen molar-refractivity contribution in [3.63, 3.8) is 0 Å². The Bertz CT molecular complexity index is 726. The highest BCUT2D eigenvalue weighted by atomic mass is 32.2. The Morgan fingerprint density at radius 2 is 1.92 bits per heavy atom. The summed E-state index contributed by atoms with van der Waals surface area (Å²) in [5.74, 6) is -0.346. The number of aryl methyl sites for hydroxylation is 2. The third-order valence-corrected chi connectivity index (χ3v) is 4.21. The van der Waals surface area contributed by atoms with E-state index in [1.165, 1.54) is 11.8 Å². The van der Waals surface area contributed by atoms with Gasteiger partial charge in [-0.05, 0) is 54.0 Å². The zero-order valence-corrected chi connectivity index (χ0v) is 15.4. The summed E-state index contributed by atoms with van der Waals surface area (Å²) in [7, 11) is 0. The van der Waals surface area contributed by atoms with Gasteiger partial charge in [-0.2, -0.15) is 4.68 Å². The van der Waals surface area contributed by atoms with Gasteiger partial charge in [-0.3, -0.25) is 10.1 Å². The van der Waals surface area contributed by atoms with Crippen molar-refractivity contribution >= 4 is 23.7 Å². The van der Waals surface area contributed by atoms with Crippen LogP contribution in [0.5, 0.6) is 0 Å². The minimum atomic E-state index is -0.479. The van der Waals surface area contributed by atoms with Gasteiger partial charge < -0.3 is 5.32 Å². The minimum absolute atomic E-state index is 0.0480. The van der Waals surface area contributed by atoms with Crippen LogP contribution in [-0.2, 0) is 4.79 Å². The van der Waals surface area contributed by atoms with Crippen LogP contribution in [0.1, 0.15) is 30.9 Å². The maximum atomic E-state index is 11.9. The van der Waals surface area contributed by atoms with Crippen molar-refractivity contribution in [3.05, 3.63) is 29.3 Å². The normalized spacial score (nSPS) is 10.5. The number of amides is 3. The van der Waals surface area contributed by atoms with Gasteiger partial charge in [0.05, 0.1) is 11.4 Å². The lowest BCUT2D eigenvalue weighted by atomic mass is 10.1. The van der Waals surface area contributed by atoms with Crippen LogP contribution in [0.4, 0.5) is 4.79 Å². The molecule has 0 aliphatic carbocycles. The molecule has 25 heavy (non-hydrogen) atoms. The first-order valence-electron chi connectivity index (χ1n) is 8.07. The molecular formula is C16H22N6O2S. The van der Waals surface area contributed by atoms with E-state index in [4.69, 9.17) is 0 Å². The average molecular weight is 362 g/mol. The topological polar surface area (TPSA) is 102 Å². The molecule has 8 nitrogen and oxygen atoms in total. The highest BCUT2D eigenvalue weighted by Crippen LogP contribution is 2.19. The number of hydrogen-bond donors (Lipinski definition) is 2. The summed E-state index contributed by atoms with van der Waals surface area (Å²) in [6.07, 6.45) is 1.85. The van der Waals surface area contributed by atoms with Gasteiger partial charge in [0.2, 0.25) is 11.1 Å². The first kappa shape index (κ1) is 18.9. The maximum Gasteiger partial charge on any atom is 0.321 e. The van der Waals surface area contributed by atoms with Crippen molar-refractivity contribution in [1.29, 1.82) is 0 Å². The van der Waals surface area contributed by atoms with Crippen LogP contribution in [0.15, 0.2) is 23.4 Å². The van der Waals surface area contributed by atoms with E-state index in [0.29, 0.717) is 11.7 Å². The third-order valence-electron chi connectivity index (χ3n) is 3.29. The molecule has 0 saturated carbocycles. The Balaban J connectivity index is 1.93. The van der Waals surface area contributed by atoms with E-state index in [0.717, 1.165) is 29.7 Å². The van der Waals surface area contributed by atoms with Crippen molar-refractivity contribution in [1.82, 2.24) is 30.8 Å². The minimum Gasteiger partial charge on any atom is -0.338 e. The molecule has 0 atom stereocenters. The second-order valence-electron chi connectivity index (χ2n) is 5.67. The molecule has 0 bridgehead atoms. The molecule has 9 heteroatoms. The number of carbonyl (C=O) groups is 2. The summed E-state index contributed by atoms with van der Waals surface area (Å²) in [5, 5.41) is 17.0. The summed E-state index contributed by atoms with van der Waals surface area (Å²) in [5.41, 5.74) is 3.04. The van der Waals surface area contributed by atoms with E-state index in [1.54, 1.807) is 4.68 Å². The van der Waals surface area contributed by atoms with Crippen LogP contribution >= 0.6 is 11.8 Å². The lowest BCUT2D eigenvalue weighted by molar-refractivity contribution is -0.117. The molecule has 0 radical (unpaired) electrons. The standard InChI is InChI=1S/C16H22N6O2S/c1-4-5-6-17-15(24)18-14(23)10-25-16-19-20-21-22(16)13-8-11(2)7-12(3)9-13/h7-9H,4-6,10H2,1-3H3,(H2,17,18,23,24). The molecule has 0 fully saturated rings. The predicted molar refractivity (Wildman–Crippen MR) is 95.8 cm³/mol. The predicted octanol–water partition coefficient (Wildman–Crippen LogP) is 2.00. The van der Waals surface area contributed by atoms with E-state index < -0.39 is 11.9 Å². The first-order chi connectivity index (χ1) is 12.0. The number of urea groups is 1. The van der Waals surface area contributed by atoms with E-state index >= 15 is 0 Å². The fourth-order valence-electron chi connectivity index (χ4n) is 2.22. The molecule has 2 N–H and O–H groups in total. The Morgan fingerprint density at radius 1 is 1.20 bits per heavy atom. The van der Waals surface area contributed by atoms with Crippen LogP contribution in [-0.4, -0.2) is 44.4 Å². The van der Waals surface area contributed by atoms with Gasteiger partial charge in [0, 0.05) is 6.54 Å². The lowest BCUT2D eigenvalue weighted by Crippen LogP contribution is -2.40. The molecule has 0 spiro atoms. The number of unbranched alkanes of at least 4 members (excludes halogenated alkanes) is 1. The van der Waals surface area contributed by atoms with E-state index in [9.17, 15) is 9.59 Å². The van der Waals surface area contributed by atoms with Crippen molar-refractivity contribution in [2.24, 2.45) is 0 Å². The van der Waals surface area contributed by atoms with Crippen molar-refractivity contribution < 1.29 is 9.59 Å².